The van der Waals surface area contributed by atoms with Crippen LogP contribution >= 0.6 is 12.2 Å². The quantitative estimate of drug-likeness (QED) is 0.475. The van der Waals surface area contributed by atoms with Crippen LogP contribution in [0, 0.1) is 5.92 Å². The summed E-state index contributed by atoms with van der Waals surface area (Å²) in [6, 6.07) is 0. The minimum atomic E-state index is -0.440. The monoisotopic (exact) mass is 190 g/mol. The van der Waals surface area contributed by atoms with Gasteiger partial charge in [-0.25, -0.2) is 0 Å². The van der Waals surface area contributed by atoms with E-state index in [0.29, 0.717) is 24.6 Å². The van der Waals surface area contributed by atoms with E-state index in [1.54, 1.807) is 0 Å². The Morgan fingerprint density at radius 3 is 2.67 bits per heavy atom. The molecule has 0 aliphatic carbocycles. The third-order valence-corrected chi connectivity index (χ3v) is 2.23. The van der Waals surface area contributed by atoms with Crippen molar-refractivity contribution < 1.29 is 10.2 Å². The van der Waals surface area contributed by atoms with Crippen LogP contribution in [0.1, 0.15) is 0 Å². The van der Waals surface area contributed by atoms with Crippen LogP contribution in [0.2, 0.25) is 0 Å². The third-order valence-electron chi connectivity index (χ3n) is 2.10. The van der Waals surface area contributed by atoms with Crippen molar-refractivity contribution in [1.29, 1.82) is 0 Å². The fourth-order valence-corrected chi connectivity index (χ4v) is 1.65. The molecule has 0 radical (unpaired) electrons. The Kier molecular flexibility index (Phi) is 3.39. The van der Waals surface area contributed by atoms with Crippen molar-refractivity contribution in [3.63, 3.8) is 0 Å². The second kappa shape index (κ2) is 4.13. The molecule has 1 saturated heterocycles. The summed E-state index contributed by atoms with van der Waals surface area (Å²) in [5.74, 6) is -0.0423. The zero-order chi connectivity index (χ0) is 9.14. The van der Waals surface area contributed by atoms with E-state index in [9.17, 15) is 5.11 Å². The lowest BCUT2D eigenvalue weighted by Gasteiger charge is -2.12. The number of aliphatic hydroxyl groups excluding tert-OH is 2. The highest BCUT2D eigenvalue weighted by atomic mass is 32.1. The highest BCUT2D eigenvalue weighted by Crippen LogP contribution is 2.15. The lowest BCUT2D eigenvalue weighted by molar-refractivity contribution is 0.103. The van der Waals surface area contributed by atoms with Gasteiger partial charge < -0.3 is 15.9 Å². The predicted molar refractivity (Wildman–Crippen MR) is 49.8 cm³/mol. The van der Waals surface area contributed by atoms with Crippen LogP contribution in [0.3, 0.4) is 0 Å². The van der Waals surface area contributed by atoms with E-state index < -0.39 is 6.10 Å². The van der Waals surface area contributed by atoms with Gasteiger partial charge in [0, 0.05) is 32.2 Å². The number of rotatable bonds is 3. The molecule has 12 heavy (non-hydrogen) atoms. The number of nitrogens with zero attached hydrogens (tertiary/aromatic N) is 1. The van der Waals surface area contributed by atoms with Crippen molar-refractivity contribution in [3.8, 4) is 0 Å². The molecule has 0 bridgehead atoms. The molecule has 70 valence electrons. The van der Waals surface area contributed by atoms with Crippen molar-refractivity contribution in [2.24, 2.45) is 11.7 Å². The molecule has 5 heteroatoms. The average Bonchev–Trinajstić information content (AvgIpc) is 2.29. The van der Waals surface area contributed by atoms with Gasteiger partial charge in [0.2, 0.25) is 0 Å². The molecule has 4 N–H and O–H groups in total. The standard InChI is InChI=1S/C7H14N2O2S/c8-7(12)3-9-1-5(4-10)6(11)2-9/h5-6,10-11H,1-4H2,(H2,8,12). The summed E-state index contributed by atoms with van der Waals surface area (Å²) < 4.78 is 0. The molecule has 0 saturated carbocycles. The zero-order valence-electron chi connectivity index (χ0n) is 6.81. The first kappa shape index (κ1) is 9.85. The number of β-amino-alcohol motifs (C(OH)–C–C–N with tert-alkyl or cyclic N) is 1. The maximum absolute atomic E-state index is 9.39. The first-order chi connectivity index (χ1) is 5.63. The van der Waals surface area contributed by atoms with Gasteiger partial charge in [0.1, 0.15) is 0 Å². The van der Waals surface area contributed by atoms with Gasteiger partial charge in [0.15, 0.2) is 0 Å². The molecule has 0 amide bonds. The van der Waals surface area contributed by atoms with Crippen molar-refractivity contribution in [3.05, 3.63) is 0 Å². The Bertz CT molecular complexity index is 177. The number of likely N-dealkylation sites (tertiary alicyclic amines) is 1. The van der Waals surface area contributed by atoms with Gasteiger partial charge in [-0.05, 0) is 0 Å². The maximum Gasteiger partial charge on any atom is 0.0870 e. The number of nitrogens with two attached hydrogens (primary N) is 1. The summed E-state index contributed by atoms with van der Waals surface area (Å²) in [5, 5.41) is 18.2. The molecule has 1 heterocycles. The van der Waals surface area contributed by atoms with Crippen LogP contribution in [0.4, 0.5) is 0 Å². The van der Waals surface area contributed by atoms with Crippen molar-refractivity contribution >= 4 is 17.2 Å². The summed E-state index contributed by atoms with van der Waals surface area (Å²) in [7, 11) is 0. The van der Waals surface area contributed by atoms with Crippen LogP contribution in [0.5, 0.6) is 0 Å². The van der Waals surface area contributed by atoms with E-state index in [1.807, 2.05) is 4.90 Å². The Labute approximate surface area is 77.0 Å². The third kappa shape index (κ3) is 2.38. The van der Waals surface area contributed by atoms with Crippen LogP contribution in [0.15, 0.2) is 0 Å². The van der Waals surface area contributed by atoms with Crippen molar-refractivity contribution in [2.75, 3.05) is 26.2 Å². The lowest BCUT2D eigenvalue weighted by atomic mass is 10.1. The van der Waals surface area contributed by atoms with Crippen LogP contribution in [-0.4, -0.2) is 52.4 Å². The number of aliphatic hydroxyl groups is 2. The first-order valence-electron chi connectivity index (χ1n) is 3.93. The number of thiocarbonyl (C=S) groups is 1. The molecule has 0 aromatic carbocycles. The van der Waals surface area contributed by atoms with E-state index in [4.69, 9.17) is 23.1 Å². The average molecular weight is 190 g/mol. The Morgan fingerprint density at radius 2 is 2.25 bits per heavy atom. The molecule has 4 nitrogen and oxygen atoms in total. The summed E-state index contributed by atoms with van der Waals surface area (Å²) >= 11 is 4.74. The normalized spacial score (nSPS) is 30.8. The molecule has 0 spiro atoms. The second-order valence-electron chi connectivity index (χ2n) is 3.17. The number of hydrogen-bond acceptors (Lipinski definition) is 4. The highest BCUT2D eigenvalue weighted by molar-refractivity contribution is 7.80. The molecule has 1 rings (SSSR count). The van der Waals surface area contributed by atoms with Crippen LogP contribution in [0.25, 0.3) is 0 Å². The molecule has 2 unspecified atom stereocenters. The largest absolute Gasteiger partial charge is 0.396 e. The highest BCUT2D eigenvalue weighted by Gasteiger charge is 2.30. The van der Waals surface area contributed by atoms with Gasteiger partial charge in [0.25, 0.3) is 0 Å². The van der Waals surface area contributed by atoms with Gasteiger partial charge in [0.05, 0.1) is 11.1 Å². The van der Waals surface area contributed by atoms with E-state index in [1.165, 1.54) is 0 Å². The zero-order valence-corrected chi connectivity index (χ0v) is 7.63. The van der Waals surface area contributed by atoms with Crippen LogP contribution < -0.4 is 5.73 Å². The van der Waals surface area contributed by atoms with Gasteiger partial charge in [-0.2, -0.15) is 0 Å². The molecule has 1 fully saturated rings. The van der Waals surface area contributed by atoms with Gasteiger partial charge in [-0.1, -0.05) is 12.2 Å². The topological polar surface area (TPSA) is 69.7 Å². The van der Waals surface area contributed by atoms with Crippen LogP contribution in [-0.2, 0) is 0 Å². The molecule has 2 atom stereocenters. The summed E-state index contributed by atoms with van der Waals surface area (Å²) in [6.07, 6.45) is -0.440. The Balaban J connectivity index is 2.37. The summed E-state index contributed by atoms with van der Waals surface area (Å²) in [4.78, 5) is 2.38. The fourth-order valence-electron chi connectivity index (χ4n) is 1.47. The van der Waals surface area contributed by atoms with Crippen molar-refractivity contribution in [2.45, 2.75) is 6.10 Å². The van der Waals surface area contributed by atoms with Gasteiger partial charge >= 0.3 is 0 Å². The Hall–Kier alpha value is -0.230. The van der Waals surface area contributed by atoms with Gasteiger partial charge in [-0.3, -0.25) is 4.90 Å². The predicted octanol–water partition coefficient (Wildman–Crippen LogP) is -1.44. The molecular formula is C7H14N2O2S. The van der Waals surface area contributed by atoms with E-state index in [2.05, 4.69) is 0 Å². The SMILES string of the molecule is NC(=S)CN1CC(O)C(CO)C1. The number of hydrogen-bond donors (Lipinski definition) is 3. The first-order valence-corrected chi connectivity index (χ1v) is 4.34. The minimum absolute atomic E-state index is 0.0228. The van der Waals surface area contributed by atoms with Gasteiger partial charge in [-0.15, -0.1) is 0 Å². The molecule has 1 aliphatic rings. The molecule has 0 aromatic rings. The molecule has 1 aliphatic heterocycles. The smallest absolute Gasteiger partial charge is 0.0870 e. The maximum atomic E-state index is 9.39. The van der Waals surface area contributed by atoms with E-state index in [-0.39, 0.29) is 12.5 Å². The van der Waals surface area contributed by atoms with E-state index >= 15 is 0 Å². The van der Waals surface area contributed by atoms with E-state index in [0.717, 1.165) is 0 Å². The second-order valence-corrected chi connectivity index (χ2v) is 3.69. The molecular weight excluding hydrogens is 176 g/mol. The summed E-state index contributed by atoms with van der Waals surface area (Å²) in [5.41, 5.74) is 5.35. The molecule has 0 aromatic heterocycles. The fraction of sp³-hybridized carbons (Fsp3) is 0.857. The Morgan fingerprint density at radius 1 is 1.58 bits per heavy atom. The summed E-state index contributed by atoms with van der Waals surface area (Å²) in [6.45, 7) is 1.79. The minimum Gasteiger partial charge on any atom is -0.396 e. The van der Waals surface area contributed by atoms with Crippen molar-refractivity contribution in [1.82, 2.24) is 4.90 Å². The lowest BCUT2D eigenvalue weighted by Crippen LogP contribution is -2.31.